The van der Waals surface area contributed by atoms with Gasteiger partial charge in [0.15, 0.2) is 0 Å². The quantitative estimate of drug-likeness (QED) is 0.598. The summed E-state index contributed by atoms with van der Waals surface area (Å²) in [5, 5.41) is 0. The molecule has 0 aliphatic carbocycles. The molecule has 0 heterocycles. The van der Waals surface area contributed by atoms with Gasteiger partial charge in [0.25, 0.3) is 0 Å². The Morgan fingerprint density at radius 1 is 1.07 bits per heavy atom. The maximum absolute atomic E-state index is 5.91. The van der Waals surface area contributed by atoms with Gasteiger partial charge in [0.2, 0.25) is 0 Å². The van der Waals surface area contributed by atoms with Gasteiger partial charge in [0, 0.05) is 6.54 Å². The van der Waals surface area contributed by atoms with E-state index in [4.69, 9.17) is 5.73 Å². The lowest BCUT2D eigenvalue weighted by atomic mass is 9.82. The Hall–Kier alpha value is -0.0800. The maximum atomic E-state index is 5.91. The van der Waals surface area contributed by atoms with Crippen LogP contribution in [0.15, 0.2) is 0 Å². The summed E-state index contributed by atoms with van der Waals surface area (Å²) in [5.41, 5.74) is 6.25. The lowest BCUT2D eigenvalue weighted by molar-refractivity contribution is 0.165. The average Bonchev–Trinajstić information content (AvgIpc) is 2.26. The Bertz CT molecular complexity index is 133. The van der Waals surface area contributed by atoms with Gasteiger partial charge in [-0.25, -0.2) is 0 Å². The van der Waals surface area contributed by atoms with E-state index in [1.807, 2.05) is 0 Å². The lowest BCUT2D eigenvalue weighted by Gasteiger charge is -2.34. The summed E-state index contributed by atoms with van der Waals surface area (Å²) >= 11 is 0. The minimum atomic E-state index is 0.348. The molecule has 0 spiro atoms. The molecule has 0 radical (unpaired) electrons. The second-order valence-electron chi connectivity index (χ2n) is 4.86. The second kappa shape index (κ2) is 8.12. The third-order valence-electron chi connectivity index (χ3n) is 3.68. The van der Waals surface area contributed by atoms with Crippen LogP contribution in [0.2, 0.25) is 0 Å². The monoisotopic (exact) mass is 214 g/mol. The Kier molecular flexibility index (Phi) is 8.07. The standard InChI is InChI=1S/C13H30N2/c1-5-8-9-10-15(4)12-13(6-2,7-3)11-14/h5-12,14H2,1-4H3. The molecule has 2 nitrogen and oxygen atoms in total. The van der Waals surface area contributed by atoms with Crippen LogP contribution in [0.25, 0.3) is 0 Å². The fraction of sp³-hybridized carbons (Fsp3) is 1.00. The van der Waals surface area contributed by atoms with E-state index in [0.29, 0.717) is 5.41 Å². The van der Waals surface area contributed by atoms with E-state index in [-0.39, 0.29) is 0 Å². The van der Waals surface area contributed by atoms with Crippen molar-refractivity contribution in [3.8, 4) is 0 Å². The maximum Gasteiger partial charge on any atom is 0.00468 e. The number of hydrogen-bond donors (Lipinski definition) is 1. The van der Waals surface area contributed by atoms with Crippen LogP contribution in [0.5, 0.6) is 0 Å². The smallest absolute Gasteiger partial charge is 0.00468 e. The molecule has 0 aromatic heterocycles. The van der Waals surface area contributed by atoms with E-state index >= 15 is 0 Å². The summed E-state index contributed by atoms with van der Waals surface area (Å²) in [6, 6.07) is 0. The Balaban J connectivity index is 3.94. The van der Waals surface area contributed by atoms with E-state index < -0.39 is 0 Å². The number of nitrogens with zero attached hydrogens (tertiary/aromatic N) is 1. The van der Waals surface area contributed by atoms with E-state index in [1.54, 1.807) is 0 Å². The van der Waals surface area contributed by atoms with E-state index in [2.05, 4.69) is 32.7 Å². The highest BCUT2D eigenvalue weighted by Crippen LogP contribution is 2.25. The van der Waals surface area contributed by atoms with Crippen LogP contribution in [0.1, 0.15) is 52.9 Å². The van der Waals surface area contributed by atoms with Crippen molar-refractivity contribution in [2.75, 3.05) is 26.7 Å². The van der Waals surface area contributed by atoms with Gasteiger partial charge in [-0.1, -0.05) is 33.6 Å². The molecule has 2 heteroatoms. The lowest BCUT2D eigenvalue weighted by Crippen LogP contribution is -2.40. The average molecular weight is 214 g/mol. The fourth-order valence-electron chi connectivity index (χ4n) is 2.11. The molecule has 0 aliphatic rings. The van der Waals surface area contributed by atoms with Crippen LogP contribution in [0.4, 0.5) is 0 Å². The largest absolute Gasteiger partial charge is 0.330 e. The van der Waals surface area contributed by atoms with Gasteiger partial charge in [-0.05, 0) is 44.8 Å². The highest BCUT2D eigenvalue weighted by molar-refractivity contribution is 4.80. The van der Waals surface area contributed by atoms with Crippen LogP contribution in [-0.4, -0.2) is 31.6 Å². The van der Waals surface area contributed by atoms with Gasteiger partial charge >= 0.3 is 0 Å². The van der Waals surface area contributed by atoms with Gasteiger partial charge in [-0.15, -0.1) is 0 Å². The molecule has 2 N–H and O–H groups in total. The summed E-state index contributed by atoms with van der Waals surface area (Å²) in [7, 11) is 2.23. The van der Waals surface area contributed by atoms with Crippen LogP contribution >= 0.6 is 0 Å². The number of rotatable bonds is 9. The van der Waals surface area contributed by atoms with Crippen LogP contribution < -0.4 is 5.73 Å². The summed E-state index contributed by atoms with van der Waals surface area (Å²) in [6.07, 6.45) is 6.35. The van der Waals surface area contributed by atoms with Gasteiger partial charge in [-0.3, -0.25) is 0 Å². The molecule has 0 fully saturated rings. The third kappa shape index (κ3) is 5.53. The highest BCUT2D eigenvalue weighted by Gasteiger charge is 2.25. The predicted octanol–water partition coefficient (Wildman–Crippen LogP) is 2.87. The third-order valence-corrected chi connectivity index (χ3v) is 3.68. The van der Waals surface area contributed by atoms with Crippen molar-refractivity contribution >= 4 is 0 Å². The summed E-state index contributed by atoms with van der Waals surface area (Å²) in [4.78, 5) is 2.45. The molecule has 0 amide bonds. The van der Waals surface area contributed by atoms with Gasteiger partial charge < -0.3 is 10.6 Å². The first-order chi connectivity index (χ1) is 7.14. The summed E-state index contributed by atoms with van der Waals surface area (Å²) < 4.78 is 0. The predicted molar refractivity (Wildman–Crippen MR) is 69.1 cm³/mol. The molecule has 0 rings (SSSR count). The second-order valence-corrected chi connectivity index (χ2v) is 4.86. The minimum absolute atomic E-state index is 0.348. The summed E-state index contributed by atoms with van der Waals surface area (Å²) in [5.74, 6) is 0. The normalized spacial score (nSPS) is 12.4. The summed E-state index contributed by atoms with van der Waals surface area (Å²) in [6.45, 7) is 9.96. The first-order valence-electron chi connectivity index (χ1n) is 6.52. The Morgan fingerprint density at radius 2 is 1.67 bits per heavy atom. The van der Waals surface area contributed by atoms with Crippen molar-refractivity contribution in [1.29, 1.82) is 0 Å². The molecule has 0 saturated carbocycles. The van der Waals surface area contributed by atoms with E-state index in [9.17, 15) is 0 Å². The molecule has 0 bridgehead atoms. The van der Waals surface area contributed by atoms with Crippen LogP contribution in [-0.2, 0) is 0 Å². The van der Waals surface area contributed by atoms with Crippen LogP contribution in [0.3, 0.4) is 0 Å². The molecule has 0 aliphatic heterocycles. The topological polar surface area (TPSA) is 29.3 Å². The number of nitrogens with two attached hydrogens (primary N) is 1. The number of unbranched alkanes of at least 4 members (excludes halogenated alkanes) is 2. The molecule has 92 valence electrons. The van der Waals surface area contributed by atoms with Crippen molar-refractivity contribution < 1.29 is 0 Å². The van der Waals surface area contributed by atoms with Crippen molar-refractivity contribution in [2.24, 2.45) is 11.1 Å². The van der Waals surface area contributed by atoms with Gasteiger partial charge in [0.05, 0.1) is 0 Å². The van der Waals surface area contributed by atoms with Crippen molar-refractivity contribution in [2.45, 2.75) is 52.9 Å². The number of hydrogen-bond acceptors (Lipinski definition) is 2. The Labute approximate surface area is 96.2 Å². The first-order valence-corrected chi connectivity index (χ1v) is 6.52. The molecule has 0 saturated heterocycles. The van der Waals surface area contributed by atoms with E-state index in [0.717, 1.165) is 13.1 Å². The highest BCUT2D eigenvalue weighted by atomic mass is 15.1. The minimum Gasteiger partial charge on any atom is -0.330 e. The van der Waals surface area contributed by atoms with Gasteiger partial charge in [-0.2, -0.15) is 0 Å². The molecule has 0 aromatic carbocycles. The zero-order chi connectivity index (χ0) is 11.7. The first kappa shape index (κ1) is 14.9. The van der Waals surface area contributed by atoms with E-state index in [1.165, 1.54) is 38.6 Å². The van der Waals surface area contributed by atoms with Crippen molar-refractivity contribution in [1.82, 2.24) is 4.90 Å². The Morgan fingerprint density at radius 3 is 2.07 bits per heavy atom. The van der Waals surface area contributed by atoms with Gasteiger partial charge in [0.1, 0.15) is 0 Å². The molecule has 0 unspecified atom stereocenters. The molecular formula is C13H30N2. The fourth-order valence-corrected chi connectivity index (χ4v) is 2.11. The zero-order valence-corrected chi connectivity index (χ0v) is 11.2. The SMILES string of the molecule is CCCCCN(C)CC(CC)(CC)CN. The molecule has 15 heavy (non-hydrogen) atoms. The molecular weight excluding hydrogens is 184 g/mol. The zero-order valence-electron chi connectivity index (χ0n) is 11.2. The molecule has 0 aromatic rings. The molecule has 0 atom stereocenters. The van der Waals surface area contributed by atoms with Crippen molar-refractivity contribution in [3.63, 3.8) is 0 Å². The van der Waals surface area contributed by atoms with Crippen LogP contribution in [0, 0.1) is 5.41 Å². The van der Waals surface area contributed by atoms with Crippen molar-refractivity contribution in [3.05, 3.63) is 0 Å².